The van der Waals surface area contributed by atoms with Crippen LogP contribution in [0, 0.1) is 25.2 Å². The highest BCUT2D eigenvalue weighted by Crippen LogP contribution is 2.34. The lowest BCUT2D eigenvalue weighted by Crippen LogP contribution is -2.13. The Kier molecular flexibility index (Phi) is 6.08. The van der Waals surface area contributed by atoms with Gasteiger partial charge in [0.05, 0.1) is 17.2 Å². The normalized spacial score (nSPS) is 11.0. The molecule has 0 saturated heterocycles. The number of methoxy groups -OCH3 is 1. The predicted molar refractivity (Wildman–Crippen MR) is 101 cm³/mol. The minimum absolute atomic E-state index is 0.0597. The van der Waals surface area contributed by atoms with Crippen LogP contribution < -0.4 is 10.1 Å². The second-order valence-corrected chi connectivity index (χ2v) is 6.26. The van der Waals surface area contributed by atoms with Crippen molar-refractivity contribution >= 4 is 40.9 Å². The van der Waals surface area contributed by atoms with E-state index in [0.717, 1.165) is 11.1 Å². The minimum atomic E-state index is -0.506. The first kappa shape index (κ1) is 18.9. The highest BCUT2D eigenvalue weighted by Gasteiger charge is 2.12. The molecule has 0 atom stereocenters. The van der Waals surface area contributed by atoms with E-state index >= 15 is 0 Å². The molecule has 2 aromatic rings. The average Bonchev–Trinajstić information content (AvgIpc) is 2.55. The van der Waals surface area contributed by atoms with Crippen molar-refractivity contribution in [2.75, 3.05) is 12.4 Å². The molecule has 0 heterocycles. The number of ether oxygens (including phenoxy) is 1. The van der Waals surface area contributed by atoms with Crippen LogP contribution in [0.5, 0.6) is 5.75 Å². The topological polar surface area (TPSA) is 62.1 Å². The summed E-state index contributed by atoms with van der Waals surface area (Å²) >= 11 is 12.2. The third kappa shape index (κ3) is 4.54. The molecule has 1 N–H and O–H groups in total. The van der Waals surface area contributed by atoms with Crippen molar-refractivity contribution in [2.24, 2.45) is 0 Å². The molecule has 0 aliphatic carbocycles. The molecule has 0 saturated carbocycles. The molecule has 0 spiro atoms. The van der Waals surface area contributed by atoms with Crippen LogP contribution in [-0.4, -0.2) is 13.0 Å². The number of anilines is 1. The Bertz CT molecular complexity index is 876. The fourth-order valence-electron chi connectivity index (χ4n) is 2.19. The summed E-state index contributed by atoms with van der Waals surface area (Å²) < 4.78 is 5.08. The lowest BCUT2D eigenvalue weighted by Gasteiger charge is -2.08. The molecule has 0 aliphatic rings. The van der Waals surface area contributed by atoms with Crippen molar-refractivity contribution in [3.8, 4) is 11.8 Å². The van der Waals surface area contributed by atoms with Gasteiger partial charge < -0.3 is 10.1 Å². The molecule has 0 aliphatic heterocycles. The molecule has 0 bridgehead atoms. The Morgan fingerprint density at radius 2 is 1.80 bits per heavy atom. The van der Waals surface area contributed by atoms with Crippen molar-refractivity contribution in [3.05, 3.63) is 62.6 Å². The summed E-state index contributed by atoms with van der Waals surface area (Å²) in [5.74, 6) is -0.160. The van der Waals surface area contributed by atoms with Gasteiger partial charge in [0.15, 0.2) is 5.75 Å². The summed E-state index contributed by atoms with van der Waals surface area (Å²) in [7, 11) is 1.46. The van der Waals surface area contributed by atoms with Crippen molar-refractivity contribution in [1.82, 2.24) is 0 Å². The van der Waals surface area contributed by atoms with Crippen LogP contribution in [-0.2, 0) is 4.79 Å². The number of rotatable bonds is 4. The number of hydrogen-bond acceptors (Lipinski definition) is 3. The van der Waals surface area contributed by atoms with Gasteiger partial charge in [-0.1, -0.05) is 29.3 Å². The van der Waals surface area contributed by atoms with Crippen LogP contribution in [0.25, 0.3) is 6.08 Å². The van der Waals surface area contributed by atoms with E-state index in [0.29, 0.717) is 27.0 Å². The summed E-state index contributed by atoms with van der Waals surface area (Å²) in [6.45, 7) is 3.94. The Balaban J connectivity index is 2.29. The standard InChI is InChI=1S/C19H16Cl2N2O2/c1-11-4-5-15(6-12(11)2)23-19(24)14(10-22)7-13-8-16(20)18(25-3)17(21)9-13/h4-9H,1-3H3,(H,23,24)/b14-7+. The van der Waals surface area contributed by atoms with Gasteiger partial charge >= 0.3 is 0 Å². The monoisotopic (exact) mass is 374 g/mol. The van der Waals surface area contributed by atoms with Gasteiger partial charge in [-0.05, 0) is 60.9 Å². The van der Waals surface area contributed by atoms with Crippen LogP contribution in [0.3, 0.4) is 0 Å². The Morgan fingerprint density at radius 3 is 2.32 bits per heavy atom. The summed E-state index contributed by atoms with van der Waals surface area (Å²) in [6.07, 6.45) is 1.42. The van der Waals surface area contributed by atoms with Gasteiger partial charge in [0.2, 0.25) is 0 Å². The van der Waals surface area contributed by atoms with Crippen LogP contribution >= 0.6 is 23.2 Å². The van der Waals surface area contributed by atoms with Crippen molar-refractivity contribution in [1.29, 1.82) is 5.26 Å². The zero-order chi connectivity index (χ0) is 18.6. The third-order valence-corrected chi connectivity index (χ3v) is 4.23. The Labute approximate surface area is 156 Å². The van der Waals surface area contributed by atoms with E-state index < -0.39 is 5.91 Å². The summed E-state index contributed by atoms with van der Waals surface area (Å²) in [5, 5.41) is 12.6. The quantitative estimate of drug-likeness (QED) is 0.593. The van der Waals surface area contributed by atoms with E-state index in [2.05, 4.69) is 5.32 Å². The smallest absolute Gasteiger partial charge is 0.266 e. The molecule has 2 rings (SSSR count). The number of nitrogens with zero attached hydrogens (tertiary/aromatic N) is 1. The molecule has 0 radical (unpaired) electrons. The molecule has 0 unspecified atom stereocenters. The maximum absolute atomic E-state index is 12.3. The molecule has 0 fully saturated rings. The number of hydrogen-bond donors (Lipinski definition) is 1. The second-order valence-electron chi connectivity index (χ2n) is 5.44. The largest absolute Gasteiger partial charge is 0.494 e. The third-order valence-electron chi connectivity index (χ3n) is 3.67. The number of aryl methyl sites for hydroxylation is 2. The Morgan fingerprint density at radius 1 is 1.16 bits per heavy atom. The summed E-state index contributed by atoms with van der Waals surface area (Å²) in [5.41, 5.74) is 3.27. The first-order valence-corrected chi connectivity index (χ1v) is 8.14. The fourth-order valence-corrected chi connectivity index (χ4v) is 2.85. The number of amides is 1. The molecular weight excluding hydrogens is 359 g/mol. The molecule has 128 valence electrons. The zero-order valence-corrected chi connectivity index (χ0v) is 15.5. The van der Waals surface area contributed by atoms with E-state index in [1.54, 1.807) is 18.2 Å². The summed E-state index contributed by atoms with van der Waals surface area (Å²) in [6, 6.07) is 10.6. The fraction of sp³-hybridized carbons (Fsp3) is 0.158. The molecule has 1 amide bonds. The van der Waals surface area contributed by atoms with Crippen LogP contribution in [0.2, 0.25) is 10.0 Å². The number of carbonyl (C=O) groups is 1. The van der Waals surface area contributed by atoms with Gasteiger partial charge in [-0.15, -0.1) is 0 Å². The number of nitriles is 1. The zero-order valence-electron chi connectivity index (χ0n) is 14.0. The van der Waals surface area contributed by atoms with Crippen molar-refractivity contribution < 1.29 is 9.53 Å². The highest BCUT2D eigenvalue weighted by molar-refractivity contribution is 6.37. The van der Waals surface area contributed by atoms with Gasteiger partial charge in [-0.2, -0.15) is 5.26 Å². The van der Waals surface area contributed by atoms with E-state index in [1.807, 2.05) is 32.0 Å². The number of nitrogens with one attached hydrogen (secondary N) is 1. The van der Waals surface area contributed by atoms with E-state index in [4.69, 9.17) is 27.9 Å². The van der Waals surface area contributed by atoms with Crippen LogP contribution in [0.4, 0.5) is 5.69 Å². The van der Waals surface area contributed by atoms with Crippen molar-refractivity contribution in [3.63, 3.8) is 0 Å². The lowest BCUT2D eigenvalue weighted by molar-refractivity contribution is -0.112. The maximum atomic E-state index is 12.3. The lowest BCUT2D eigenvalue weighted by atomic mass is 10.1. The van der Waals surface area contributed by atoms with Gasteiger partial charge in [0, 0.05) is 5.69 Å². The van der Waals surface area contributed by atoms with Crippen LogP contribution in [0.1, 0.15) is 16.7 Å². The van der Waals surface area contributed by atoms with Gasteiger partial charge in [0.25, 0.3) is 5.91 Å². The maximum Gasteiger partial charge on any atom is 0.266 e. The Hall–Kier alpha value is -2.48. The predicted octanol–water partition coefficient (Wildman–Crippen LogP) is 5.16. The SMILES string of the molecule is COc1c(Cl)cc(/C=C(\C#N)C(=O)Nc2ccc(C)c(C)c2)cc1Cl. The molecule has 0 aromatic heterocycles. The highest BCUT2D eigenvalue weighted by atomic mass is 35.5. The number of benzene rings is 2. The second kappa shape index (κ2) is 8.06. The molecular formula is C19H16Cl2N2O2. The minimum Gasteiger partial charge on any atom is -0.494 e. The van der Waals surface area contributed by atoms with Gasteiger partial charge in [-0.25, -0.2) is 0 Å². The van der Waals surface area contributed by atoms with Crippen molar-refractivity contribution in [2.45, 2.75) is 13.8 Å². The number of carbonyl (C=O) groups excluding carboxylic acids is 1. The molecule has 25 heavy (non-hydrogen) atoms. The van der Waals surface area contributed by atoms with Gasteiger partial charge in [-0.3, -0.25) is 4.79 Å². The van der Waals surface area contributed by atoms with E-state index in [-0.39, 0.29) is 5.57 Å². The first-order chi connectivity index (χ1) is 11.8. The molecule has 6 heteroatoms. The number of halogens is 2. The van der Waals surface area contributed by atoms with Gasteiger partial charge in [0.1, 0.15) is 11.6 Å². The average molecular weight is 375 g/mol. The summed E-state index contributed by atoms with van der Waals surface area (Å²) in [4.78, 5) is 12.3. The van der Waals surface area contributed by atoms with E-state index in [9.17, 15) is 10.1 Å². The molecule has 2 aromatic carbocycles. The van der Waals surface area contributed by atoms with Crippen LogP contribution in [0.15, 0.2) is 35.9 Å². The van der Waals surface area contributed by atoms with E-state index in [1.165, 1.54) is 13.2 Å². The molecule has 4 nitrogen and oxygen atoms in total. The first-order valence-electron chi connectivity index (χ1n) is 7.39.